The summed E-state index contributed by atoms with van der Waals surface area (Å²) in [7, 11) is 0. The molecule has 7 heteroatoms. The van der Waals surface area contributed by atoms with Crippen LogP contribution in [-0.2, 0) is 16.1 Å². The molecular formula is C28H32FN3O3. The Hall–Kier alpha value is -3.19. The zero-order chi connectivity index (χ0) is 24.4. The van der Waals surface area contributed by atoms with Crippen molar-refractivity contribution in [3.05, 3.63) is 54.0 Å². The van der Waals surface area contributed by atoms with Crippen LogP contribution in [0.1, 0.15) is 44.7 Å². The molecular weight excluding hydrogens is 445 g/mol. The molecule has 1 N–H and O–H groups in total. The molecule has 0 atom stereocenters. The number of rotatable bonds is 9. The molecule has 5 rings (SSSR count). The molecule has 1 fully saturated rings. The van der Waals surface area contributed by atoms with Gasteiger partial charge >= 0.3 is 0 Å². The number of fused-ring (bicyclic) bond motifs is 1. The lowest BCUT2D eigenvalue weighted by Crippen LogP contribution is -2.39. The standard InChI is InChI=1S/C28H32FN3O3/c1-3-4-14-34-18-28(12-5-13-28)17-32-27(20-6-9-22(29)10-7-20)26(19(2)31-32)21-8-11-24-23(15-21)30-25(33)16-35-24/h6-11,15H,3-5,12-14,16-18H2,1-2H3,(H,30,33). The monoisotopic (exact) mass is 477 g/mol. The van der Waals surface area contributed by atoms with Crippen LogP contribution in [-0.4, -0.2) is 35.5 Å². The minimum Gasteiger partial charge on any atom is -0.482 e. The number of unbranched alkanes of at least 4 members (excludes halogenated alkanes) is 1. The summed E-state index contributed by atoms with van der Waals surface area (Å²) in [6.07, 6.45) is 5.60. The third-order valence-electron chi connectivity index (χ3n) is 7.10. The van der Waals surface area contributed by atoms with Gasteiger partial charge in [-0.25, -0.2) is 4.39 Å². The molecule has 0 spiro atoms. The van der Waals surface area contributed by atoms with Crippen LogP contribution < -0.4 is 10.1 Å². The number of aryl methyl sites for hydroxylation is 1. The normalized spacial score (nSPS) is 16.3. The van der Waals surface area contributed by atoms with Gasteiger partial charge in [-0.2, -0.15) is 5.10 Å². The summed E-state index contributed by atoms with van der Waals surface area (Å²) in [6, 6.07) is 12.4. The first-order valence-corrected chi connectivity index (χ1v) is 12.5. The molecule has 184 valence electrons. The second-order valence-electron chi connectivity index (χ2n) is 9.78. The average Bonchev–Trinajstić information content (AvgIpc) is 3.15. The van der Waals surface area contributed by atoms with Crippen molar-refractivity contribution in [2.24, 2.45) is 5.41 Å². The van der Waals surface area contributed by atoms with Crippen LogP contribution >= 0.6 is 0 Å². The molecule has 0 unspecified atom stereocenters. The highest BCUT2D eigenvalue weighted by Gasteiger charge is 2.39. The lowest BCUT2D eigenvalue weighted by atomic mass is 9.69. The maximum Gasteiger partial charge on any atom is 0.262 e. The van der Waals surface area contributed by atoms with Gasteiger partial charge < -0.3 is 14.8 Å². The second kappa shape index (κ2) is 9.82. The Kier molecular flexibility index (Phi) is 6.60. The number of aromatic nitrogens is 2. The Bertz CT molecular complexity index is 1210. The highest BCUT2D eigenvalue weighted by molar-refractivity contribution is 5.97. The third-order valence-corrected chi connectivity index (χ3v) is 7.10. The lowest BCUT2D eigenvalue weighted by molar-refractivity contribution is -0.118. The maximum absolute atomic E-state index is 13.8. The molecule has 2 heterocycles. The Morgan fingerprint density at radius 3 is 2.66 bits per heavy atom. The van der Waals surface area contributed by atoms with Crippen LogP contribution in [0.5, 0.6) is 5.75 Å². The molecule has 2 aromatic carbocycles. The van der Waals surface area contributed by atoms with E-state index in [9.17, 15) is 9.18 Å². The van der Waals surface area contributed by atoms with Gasteiger partial charge in [-0.05, 0) is 68.1 Å². The van der Waals surface area contributed by atoms with E-state index in [1.807, 2.05) is 25.1 Å². The summed E-state index contributed by atoms with van der Waals surface area (Å²) in [5.74, 6) is 0.210. The van der Waals surface area contributed by atoms with Crippen molar-refractivity contribution in [1.82, 2.24) is 9.78 Å². The zero-order valence-corrected chi connectivity index (χ0v) is 20.4. The molecule has 1 aromatic heterocycles. The molecule has 0 bridgehead atoms. The van der Waals surface area contributed by atoms with Crippen LogP contribution in [0.2, 0.25) is 0 Å². The minimum atomic E-state index is -0.272. The van der Waals surface area contributed by atoms with Crippen molar-refractivity contribution in [2.75, 3.05) is 25.1 Å². The van der Waals surface area contributed by atoms with E-state index >= 15 is 0 Å². The first-order chi connectivity index (χ1) is 17.0. The molecule has 3 aromatic rings. The fraction of sp³-hybridized carbons (Fsp3) is 0.429. The molecule has 1 aliphatic carbocycles. The second-order valence-corrected chi connectivity index (χ2v) is 9.78. The molecule has 35 heavy (non-hydrogen) atoms. The predicted octanol–water partition coefficient (Wildman–Crippen LogP) is 5.98. The van der Waals surface area contributed by atoms with Gasteiger partial charge in [0, 0.05) is 29.7 Å². The van der Waals surface area contributed by atoms with Crippen LogP contribution in [0.25, 0.3) is 22.4 Å². The first-order valence-electron chi connectivity index (χ1n) is 12.5. The van der Waals surface area contributed by atoms with Crippen LogP contribution in [0.4, 0.5) is 10.1 Å². The fourth-order valence-electron chi connectivity index (χ4n) is 5.06. The summed E-state index contributed by atoms with van der Waals surface area (Å²) < 4.78 is 27.5. The molecule has 2 aliphatic rings. The third kappa shape index (κ3) is 4.82. The number of benzene rings is 2. The van der Waals surface area contributed by atoms with Gasteiger partial charge in [0.15, 0.2) is 6.61 Å². The lowest BCUT2D eigenvalue weighted by Gasteiger charge is -2.41. The number of anilines is 1. The maximum atomic E-state index is 13.8. The van der Waals surface area contributed by atoms with E-state index in [2.05, 4.69) is 16.9 Å². The van der Waals surface area contributed by atoms with Crippen LogP contribution in [0, 0.1) is 18.2 Å². The van der Waals surface area contributed by atoms with E-state index in [1.165, 1.54) is 18.6 Å². The molecule has 6 nitrogen and oxygen atoms in total. The van der Waals surface area contributed by atoms with Gasteiger partial charge in [0.25, 0.3) is 5.91 Å². The molecule has 1 saturated carbocycles. The molecule has 1 amide bonds. The highest BCUT2D eigenvalue weighted by atomic mass is 19.1. The predicted molar refractivity (Wildman–Crippen MR) is 134 cm³/mol. The zero-order valence-electron chi connectivity index (χ0n) is 20.4. The Morgan fingerprint density at radius 1 is 1.17 bits per heavy atom. The number of ether oxygens (including phenoxy) is 2. The average molecular weight is 478 g/mol. The fourth-order valence-corrected chi connectivity index (χ4v) is 5.06. The molecule has 0 radical (unpaired) electrons. The highest BCUT2D eigenvalue weighted by Crippen LogP contribution is 2.45. The topological polar surface area (TPSA) is 65.4 Å². The van der Waals surface area contributed by atoms with E-state index < -0.39 is 0 Å². The largest absolute Gasteiger partial charge is 0.482 e. The van der Waals surface area contributed by atoms with Crippen molar-refractivity contribution in [2.45, 2.75) is 52.5 Å². The van der Waals surface area contributed by atoms with Crippen molar-refractivity contribution >= 4 is 11.6 Å². The number of hydrogen-bond donors (Lipinski definition) is 1. The van der Waals surface area contributed by atoms with Crippen molar-refractivity contribution in [3.8, 4) is 28.1 Å². The first kappa shape index (κ1) is 23.5. The van der Waals surface area contributed by atoms with Crippen molar-refractivity contribution < 1.29 is 18.7 Å². The smallest absolute Gasteiger partial charge is 0.262 e. The van der Waals surface area contributed by atoms with Crippen LogP contribution in [0.15, 0.2) is 42.5 Å². The van der Waals surface area contributed by atoms with Gasteiger partial charge in [0.2, 0.25) is 0 Å². The van der Waals surface area contributed by atoms with Crippen molar-refractivity contribution in [3.63, 3.8) is 0 Å². The summed E-state index contributed by atoms with van der Waals surface area (Å²) in [5.41, 5.74) is 5.35. The quantitative estimate of drug-likeness (QED) is 0.385. The number of nitrogens with zero attached hydrogens (tertiary/aromatic N) is 2. The number of hydrogen-bond acceptors (Lipinski definition) is 4. The summed E-state index contributed by atoms with van der Waals surface area (Å²) in [5, 5.41) is 7.87. The minimum absolute atomic E-state index is 0.0204. The van der Waals surface area contributed by atoms with Gasteiger partial charge in [-0.1, -0.05) is 25.8 Å². The van der Waals surface area contributed by atoms with E-state index in [4.69, 9.17) is 14.6 Å². The number of nitrogens with one attached hydrogen (secondary N) is 1. The van der Waals surface area contributed by atoms with E-state index in [-0.39, 0.29) is 23.7 Å². The summed E-state index contributed by atoms with van der Waals surface area (Å²) in [6.45, 7) is 6.45. The van der Waals surface area contributed by atoms with Gasteiger partial charge in [-0.15, -0.1) is 0 Å². The van der Waals surface area contributed by atoms with E-state index in [0.717, 1.165) is 73.5 Å². The van der Waals surface area contributed by atoms with E-state index in [1.54, 1.807) is 12.1 Å². The van der Waals surface area contributed by atoms with Gasteiger partial charge in [0.1, 0.15) is 11.6 Å². The van der Waals surface area contributed by atoms with E-state index in [0.29, 0.717) is 11.4 Å². The number of carbonyl (C=O) groups excluding carboxylic acids is 1. The molecule has 0 saturated heterocycles. The number of carbonyl (C=O) groups is 1. The number of halogens is 1. The van der Waals surface area contributed by atoms with Gasteiger partial charge in [0.05, 0.1) is 23.7 Å². The van der Waals surface area contributed by atoms with Gasteiger partial charge in [-0.3, -0.25) is 9.48 Å². The Morgan fingerprint density at radius 2 is 1.94 bits per heavy atom. The SMILES string of the molecule is CCCCOCC1(Cn2nc(C)c(-c3ccc4c(c3)NC(=O)CO4)c2-c2ccc(F)cc2)CCC1. The Labute approximate surface area is 205 Å². The van der Waals surface area contributed by atoms with Crippen molar-refractivity contribution in [1.29, 1.82) is 0 Å². The molecule has 1 aliphatic heterocycles. The summed E-state index contributed by atoms with van der Waals surface area (Å²) >= 11 is 0. The van der Waals surface area contributed by atoms with Crippen LogP contribution in [0.3, 0.4) is 0 Å². The Balaban J connectivity index is 1.55. The summed E-state index contributed by atoms with van der Waals surface area (Å²) in [4.78, 5) is 11.9. The number of amides is 1.